The third-order valence-corrected chi connectivity index (χ3v) is 2.95. The van der Waals surface area contributed by atoms with Crippen molar-refractivity contribution in [1.29, 1.82) is 0 Å². The highest BCUT2D eigenvalue weighted by atomic mass is 35.5. The maximum absolute atomic E-state index is 13.5. The van der Waals surface area contributed by atoms with E-state index in [9.17, 15) is 17.6 Å². The lowest BCUT2D eigenvalue weighted by Crippen LogP contribution is -2.49. The summed E-state index contributed by atoms with van der Waals surface area (Å²) in [4.78, 5) is 10.1. The van der Waals surface area contributed by atoms with Crippen molar-refractivity contribution < 1.29 is 17.6 Å². The molecule has 2 heterocycles. The fourth-order valence-corrected chi connectivity index (χ4v) is 2.06. The average molecular weight is 299 g/mol. The van der Waals surface area contributed by atoms with Gasteiger partial charge >= 0.3 is 6.18 Å². The molecule has 19 heavy (non-hydrogen) atoms. The minimum atomic E-state index is -4.22. The monoisotopic (exact) mass is 298 g/mol. The van der Waals surface area contributed by atoms with Crippen LogP contribution in [0.15, 0.2) is 6.20 Å². The van der Waals surface area contributed by atoms with E-state index in [1.165, 1.54) is 4.90 Å². The number of nitrogens with zero attached hydrogens (tertiary/aromatic N) is 4. The van der Waals surface area contributed by atoms with Gasteiger partial charge in [-0.1, -0.05) is 0 Å². The molecular weight excluding hydrogens is 288 g/mol. The second-order valence-electron chi connectivity index (χ2n) is 4.19. The van der Waals surface area contributed by atoms with Crippen molar-refractivity contribution >= 4 is 17.4 Å². The first-order valence-electron chi connectivity index (χ1n) is 5.57. The van der Waals surface area contributed by atoms with Gasteiger partial charge in [0.05, 0.1) is 12.7 Å². The maximum atomic E-state index is 13.5. The molecule has 0 aromatic carbocycles. The van der Waals surface area contributed by atoms with E-state index in [1.54, 1.807) is 4.90 Å². The van der Waals surface area contributed by atoms with Crippen LogP contribution in [0.3, 0.4) is 0 Å². The number of hydrogen-bond donors (Lipinski definition) is 0. The lowest BCUT2D eigenvalue weighted by molar-refractivity contribution is -0.146. The Hall–Kier alpha value is -1.15. The molecule has 1 aliphatic heterocycles. The number of anilines is 1. The Bertz CT molecular complexity index is 446. The number of rotatable bonds is 2. The average Bonchev–Trinajstić information content (AvgIpc) is 2.31. The molecule has 1 fully saturated rings. The fourth-order valence-electron chi connectivity index (χ4n) is 1.93. The van der Waals surface area contributed by atoms with Crippen LogP contribution in [0.1, 0.15) is 0 Å². The van der Waals surface area contributed by atoms with Crippen molar-refractivity contribution in [2.45, 2.75) is 6.18 Å². The molecule has 1 aliphatic rings. The molecule has 0 N–H and O–H groups in total. The third kappa shape index (κ3) is 3.90. The van der Waals surface area contributed by atoms with Crippen LogP contribution < -0.4 is 4.90 Å². The summed E-state index contributed by atoms with van der Waals surface area (Å²) >= 11 is 5.58. The largest absolute Gasteiger partial charge is 0.401 e. The zero-order valence-corrected chi connectivity index (χ0v) is 10.5. The van der Waals surface area contributed by atoms with Crippen LogP contribution in [0.4, 0.5) is 23.4 Å². The molecule has 1 aromatic heterocycles. The highest BCUT2D eigenvalue weighted by molar-refractivity contribution is 6.28. The van der Waals surface area contributed by atoms with Gasteiger partial charge in [-0.15, -0.1) is 0 Å². The zero-order chi connectivity index (χ0) is 14.0. The van der Waals surface area contributed by atoms with Crippen molar-refractivity contribution in [1.82, 2.24) is 14.9 Å². The summed E-state index contributed by atoms with van der Waals surface area (Å²) in [7, 11) is 0. The molecule has 0 unspecified atom stereocenters. The van der Waals surface area contributed by atoms with Crippen molar-refractivity contribution in [3.8, 4) is 0 Å². The number of alkyl halides is 3. The molecule has 0 bridgehead atoms. The first kappa shape index (κ1) is 14.3. The van der Waals surface area contributed by atoms with Crippen molar-refractivity contribution in [2.75, 3.05) is 37.6 Å². The molecule has 0 radical (unpaired) electrons. The highest BCUT2D eigenvalue weighted by Gasteiger charge is 2.32. The molecule has 2 rings (SSSR count). The van der Waals surface area contributed by atoms with Gasteiger partial charge in [-0.2, -0.15) is 18.2 Å². The SMILES string of the molecule is Fc1cnc(Cl)nc1N1CCN(CC(F)(F)F)CC1. The van der Waals surface area contributed by atoms with Crippen molar-refractivity contribution in [3.63, 3.8) is 0 Å². The molecule has 1 aromatic rings. The van der Waals surface area contributed by atoms with E-state index in [0.717, 1.165) is 6.20 Å². The second kappa shape index (κ2) is 5.46. The summed E-state index contributed by atoms with van der Waals surface area (Å²) in [6.45, 7) is -0.0321. The predicted molar refractivity (Wildman–Crippen MR) is 61.7 cm³/mol. The maximum Gasteiger partial charge on any atom is 0.401 e. The standard InChI is InChI=1S/C10H11ClF4N4/c11-9-16-5-7(12)8(17-9)19-3-1-18(2-4-19)6-10(13,14)15/h5H,1-4,6H2. The minimum absolute atomic E-state index is 0.0339. The Morgan fingerprint density at radius 2 is 1.84 bits per heavy atom. The van der Waals surface area contributed by atoms with Crippen LogP contribution >= 0.6 is 11.6 Å². The van der Waals surface area contributed by atoms with Crippen LogP contribution in [0.25, 0.3) is 0 Å². The van der Waals surface area contributed by atoms with E-state index in [-0.39, 0.29) is 37.3 Å². The smallest absolute Gasteiger partial charge is 0.351 e. The molecule has 9 heteroatoms. The van der Waals surface area contributed by atoms with Gasteiger partial charge in [0, 0.05) is 26.2 Å². The summed E-state index contributed by atoms with van der Waals surface area (Å²) in [6.07, 6.45) is -3.27. The van der Waals surface area contributed by atoms with E-state index >= 15 is 0 Å². The van der Waals surface area contributed by atoms with E-state index in [0.29, 0.717) is 0 Å². The van der Waals surface area contributed by atoms with Gasteiger partial charge in [-0.05, 0) is 11.6 Å². The highest BCUT2D eigenvalue weighted by Crippen LogP contribution is 2.21. The molecule has 106 valence electrons. The summed E-state index contributed by atoms with van der Waals surface area (Å²) in [5.41, 5.74) is 0. The Morgan fingerprint density at radius 3 is 2.42 bits per heavy atom. The van der Waals surface area contributed by atoms with E-state index in [2.05, 4.69) is 9.97 Å². The molecule has 0 amide bonds. The van der Waals surface area contributed by atoms with E-state index in [1.807, 2.05) is 0 Å². The van der Waals surface area contributed by atoms with Gasteiger partial charge in [0.25, 0.3) is 0 Å². The van der Waals surface area contributed by atoms with Crippen molar-refractivity contribution in [3.05, 3.63) is 17.3 Å². The number of hydrogen-bond acceptors (Lipinski definition) is 4. The Kier molecular flexibility index (Phi) is 4.10. The summed E-state index contributed by atoms with van der Waals surface area (Å²) < 4.78 is 50.2. The topological polar surface area (TPSA) is 32.3 Å². The normalized spacial score (nSPS) is 17.8. The molecule has 0 spiro atoms. The van der Waals surface area contributed by atoms with Crippen LogP contribution in [0.5, 0.6) is 0 Å². The third-order valence-electron chi connectivity index (χ3n) is 2.77. The lowest BCUT2D eigenvalue weighted by atomic mass is 10.3. The van der Waals surface area contributed by atoms with Crippen LogP contribution in [-0.2, 0) is 0 Å². The Labute approximate surface area is 112 Å². The first-order valence-corrected chi connectivity index (χ1v) is 5.95. The minimum Gasteiger partial charge on any atom is -0.351 e. The van der Waals surface area contributed by atoms with Gasteiger partial charge in [0.15, 0.2) is 11.6 Å². The molecular formula is C10H11ClF4N4. The van der Waals surface area contributed by atoms with Gasteiger partial charge in [0.1, 0.15) is 0 Å². The van der Waals surface area contributed by atoms with Gasteiger partial charge < -0.3 is 4.90 Å². The second-order valence-corrected chi connectivity index (χ2v) is 4.53. The molecule has 0 atom stereocenters. The van der Waals surface area contributed by atoms with Crippen LogP contribution in [0.2, 0.25) is 5.28 Å². The van der Waals surface area contributed by atoms with Crippen LogP contribution in [0, 0.1) is 5.82 Å². The quantitative estimate of drug-likeness (QED) is 0.617. The predicted octanol–water partition coefficient (Wildman–Crippen LogP) is 1.95. The van der Waals surface area contributed by atoms with E-state index < -0.39 is 18.5 Å². The van der Waals surface area contributed by atoms with Gasteiger partial charge in [-0.25, -0.2) is 9.37 Å². The molecule has 0 saturated carbocycles. The number of halogens is 5. The number of piperazine rings is 1. The summed E-state index contributed by atoms with van der Waals surface area (Å²) in [5, 5.41) is -0.0888. The summed E-state index contributed by atoms with van der Waals surface area (Å²) in [5.74, 6) is -0.597. The van der Waals surface area contributed by atoms with Gasteiger partial charge in [0.2, 0.25) is 5.28 Å². The van der Waals surface area contributed by atoms with Crippen molar-refractivity contribution in [2.24, 2.45) is 0 Å². The summed E-state index contributed by atoms with van der Waals surface area (Å²) in [6, 6.07) is 0. The van der Waals surface area contributed by atoms with Gasteiger partial charge in [-0.3, -0.25) is 4.90 Å². The zero-order valence-electron chi connectivity index (χ0n) is 9.79. The fraction of sp³-hybridized carbons (Fsp3) is 0.600. The van der Waals surface area contributed by atoms with Crippen LogP contribution in [-0.4, -0.2) is 53.8 Å². The first-order chi connectivity index (χ1) is 8.85. The Morgan fingerprint density at radius 1 is 1.21 bits per heavy atom. The molecule has 1 saturated heterocycles. The molecule has 4 nitrogen and oxygen atoms in total. The Balaban J connectivity index is 1.98. The number of aromatic nitrogens is 2. The van der Waals surface area contributed by atoms with E-state index in [4.69, 9.17) is 11.6 Å². The molecule has 0 aliphatic carbocycles. The lowest BCUT2D eigenvalue weighted by Gasteiger charge is -2.35.